The zero-order valence-corrected chi connectivity index (χ0v) is 10.1. The molecule has 4 bridgehead atoms. The Morgan fingerprint density at radius 1 is 1.26 bits per heavy atom. The molecule has 0 aliphatic heterocycles. The lowest BCUT2D eigenvalue weighted by atomic mass is 10.1. The number of nitrogens with one attached hydrogen (secondary N) is 1. The largest absolute Gasteiger partial charge is 0.508 e. The smallest absolute Gasteiger partial charge is 0.411 e. The average Bonchev–Trinajstić information content (AvgIpc) is 2.70. The summed E-state index contributed by atoms with van der Waals surface area (Å²) in [5.41, 5.74) is 0.553. The fourth-order valence-corrected chi connectivity index (χ4v) is 3.97. The van der Waals surface area contributed by atoms with E-state index < -0.39 is 12.3 Å². The van der Waals surface area contributed by atoms with E-state index >= 15 is 0 Å². The third-order valence-corrected chi connectivity index (χ3v) is 4.77. The second-order valence-corrected chi connectivity index (χ2v) is 5.70. The van der Waals surface area contributed by atoms with Crippen molar-refractivity contribution in [3.8, 4) is 5.75 Å². The van der Waals surface area contributed by atoms with E-state index in [1.165, 1.54) is 12.1 Å². The number of amides is 1. The van der Waals surface area contributed by atoms with Gasteiger partial charge in [0, 0.05) is 23.4 Å². The molecule has 6 atom stereocenters. The minimum absolute atomic E-state index is 0.0921. The molecule has 2 N–H and O–H groups in total. The first-order valence-corrected chi connectivity index (χ1v) is 6.56. The first-order chi connectivity index (χ1) is 9.15. The average molecular weight is 263 g/mol. The van der Waals surface area contributed by atoms with E-state index in [0.717, 1.165) is 6.42 Å². The zero-order chi connectivity index (χ0) is 13.1. The lowest BCUT2D eigenvalue weighted by molar-refractivity contribution is 0.0752. The van der Waals surface area contributed by atoms with Crippen molar-refractivity contribution >= 4 is 11.8 Å². The topological polar surface area (TPSA) is 58.6 Å². The van der Waals surface area contributed by atoms with Gasteiger partial charge in [0.05, 0.1) is 0 Å². The van der Waals surface area contributed by atoms with Crippen molar-refractivity contribution < 1.29 is 19.0 Å². The normalized spacial score (nSPS) is 41.1. The third kappa shape index (κ3) is 1.54. The Hall–Kier alpha value is -1.78. The van der Waals surface area contributed by atoms with Crippen LogP contribution in [0.4, 0.5) is 14.9 Å². The van der Waals surface area contributed by atoms with Crippen LogP contribution in [-0.2, 0) is 4.74 Å². The molecule has 5 heteroatoms. The van der Waals surface area contributed by atoms with Crippen LogP contribution in [0.5, 0.6) is 5.75 Å². The quantitative estimate of drug-likeness (QED) is 0.806. The molecule has 4 saturated carbocycles. The maximum Gasteiger partial charge on any atom is 0.411 e. The SMILES string of the molecule is O=C(Nc1ccc(O)cc1)O[C@H]1[C@H]2C[C@H]3[C@H]1[C@H]3[C@H]2F. The monoisotopic (exact) mass is 263 g/mol. The van der Waals surface area contributed by atoms with E-state index in [-0.39, 0.29) is 29.6 Å². The molecular weight excluding hydrogens is 249 g/mol. The van der Waals surface area contributed by atoms with Gasteiger partial charge in [-0.3, -0.25) is 5.32 Å². The summed E-state index contributed by atoms with van der Waals surface area (Å²) in [5, 5.41) is 11.7. The minimum Gasteiger partial charge on any atom is -0.508 e. The highest BCUT2D eigenvalue weighted by Gasteiger charge is 2.75. The number of rotatable bonds is 2. The van der Waals surface area contributed by atoms with Gasteiger partial charge in [-0.15, -0.1) is 0 Å². The van der Waals surface area contributed by atoms with Crippen LogP contribution in [-0.4, -0.2) is 23.5 Å². The Morgan fingerprint density at radius 3 is 2.53 bits per heavy atom. The molecule has 1 aromatic rings. The molecule has 0 aromatic heterocycles. The summed E-state index contributed by atoms with van der Waals surface area (Å²) >= 11 is 0. The maximum atomic E-state index is 13.7. The minimum atomic E-state index is -0.776. The third-order valence-electron chi connectivity index (χ3n) is 4.77. The summed E-state index contributed by atoms with van der Waals surface area (Å²) < 4.78 is 19.1. The number of aromatic hydroxyl groups is 1. The summed E-state index contributed by atoms with van der Waals surface area (Å²) in [6.45, 7) is 0. The molecule has 5 rings (SSSR count). The van der Waals surface area contributed by atoms with Crippen molar-refractivity contribution in [1.29, 1.82) is 0 Å². The molecule has 19 heavy (non-hydrogen) atoms. The Morgan fingerprint density at radius 2 is 2.00 bits per heavy atom. The Labute approximate surface area is 109 Å². The number of halogens is 1. The molecule has 0 unspecified atom stereocenters. The maximum absolute atomic E-state index is 13.7. The zero-order valence-electron chi connectivity index (χ0n) is 10.1. The van der Waals surface area contributed by atoms with E-state index in [9.17, 15) is 9.18 Å². The van der Waals surface area contributed by atoms with Gasteiger partial charge in [0.1, 0.15) is 18.0 Å². The number of hydrogen-bond donors (Lipinski definition) is 2. The van der Waals surface area contributed by atoms with Crippen molar-refractivity contribution in [2.24, 2.45) is 23.7 Å². The highest BCUT2D eigenvalue weighted by molar-refractivity contribution is 5.84. The van der Waals surface area contributed by atoms with Crippen LogP contribution < -0.4 is 5.32 Å². The van der Waals surface area contributed by atoms with Gasteiger partial charge >= 0.3 is 6.09 Å². The summed E-state index contributed by atoms with van der Waals surface area (Å²) in [5.74, 6) is 0.899. The molecule has 0 heterocycles. The standard InChI is InChI=1S/C14H14FNO3/c15-12-9-5-8-10(12)11(8)13(9)19-14(18)16-6-1-3-7(17)4-2-6/h1-4,8-13,17H,5H2,(H,16,18)/t8-,9+,10+,11+,12+,13+/m1/s1. The molecule has 0 radical (unpaired) electrons. The molecule has 4 aliphatic carbocycles. The molecule has 1 aromatic carbocycles. The van der Waals surface area contributed by atoms with Crippen molar-refractivity contribution in [1.82, 2.24) is 0 Å². The van der Waals surface area contributed by atoms with Gasteiger partial charge in [0.2, 0.25) is 0 Å². The van der Waals surface area contributed by atoms with Crippen LogP contribution in [0.15, 0.2) is 24.3 Å². The number of benzene rings is 1. The van der Waals surface area contributed by atoms with Crippen LogP contribution in [0.25, 0.3) is 0 Å². The summed E-state index contributed by atoms with van der Waals surface area (Å²) in [7, 11) is 0. The second-order valence-electron chi connectivity index (χ2n) is 5.70. The van der Waals surface area contributed by atoms with E-state index in [4.69, 9.17) is 9.84 Å². The molecule has 0 spiro atoms. The van der Waals surface area contributed by atoms with Gasteiger partial charge in [-0.1, -0.05) is 0 Å². The molecule has 1 amide bonds. The van der Waals surface area contributed by atoms with Gasteiger partial charge in [0.25, 0.3) is 0 Å². The van der Waals surface area contributed by atoms with Gasteiger partial charge in [-0.05, 0) is 36.6 Å². The number of ether oxygens (including phenoxy) is 1. The Kier molecular flexibility index (Phi) is 2.11. The summed E-state index contributed by atoms with van der Waals surface area (Å²) in [6, 6.07) is 6.14. The number of carbonyl (C=O) groups is 1. The lowest BCUT2D eigenvalue weighted by Crippen LogP contribution is -2.27. The molecule has 4 aliphatic rings. The van der Waals surface area contributed by atoms with Gasteiger partial charge in [-0.25, -0.2) is 9.18 Å². The van der Waals surface area contributed by atoms with Crippen LogP contribution in [0.3, 0.4) is 0 Å². The molecule has 100 valence electrons. The number of carbonyl (C=O) groups excluding carboxylic acids is 1. The highest BCUT2D eigenvalue weighted by Crippen LogP contribution is 2.72. The van der Waals surface area contributed by atoms with Gasteiger partial charge < -0.3 is 9.84 Å². The van der Waals surface area contributed by atoms with Crippen molar-refractivity contribution in [3.05, 3.63) is 24.3 Å². The number of anilines is 1. The van der Waals surface area contributed by atoms with E-state index in [1.807, 2.05) is 0 Å². The molecule has 4 nitrogen and oxygen atoms in total. The molecule has 0 saturated heterocycles. The number of hydrogen-bond acceptors (Lipinski definition) is 3. The van der Waals surface area contributed by atoms with Crippen molar-refractivity contribution in [3.63, 3.8) is 0 Å². The first-order valence-electron chi connectivity index (χ1n) is 6.56. The van der Waals surface area contributed by atoms with Crippen molar-refractivity contribution in [2.45, 2.75) is 18.7 Å². The van der Waals surface area contributed by atoms with E-state index in [1.54, 1.807) is 12.1 Å². The predicted molar refractivity (Wildman–Crippen MR) is 65.5 cm³/mol. The number of alkyl halides is 1. The molecular formula is C14H14FNO3. The van der Waals surface area contributed by atoms with Crippen LogP contribution in [0.1, 0.15) is 6.42 Å². The van der Waals surface area contributed by atoms with E-state index in [2.05, 4.69) is 5.32 Å². The van der Waals surface area contributed by atoms with Crippen LogP contribution >= 0.6 is 0 Å². The fourth-order valence-electron chi connectivity index (χ4n) is 3.97. The first kappa shape index (κ1) is 11.1. The lowest BCUT2D eigenvalue weighted by Gasteiger charge is -2.17. The number of phenols is 1. The van der Waals surface area contributed by atoms with Gasteiger partial charge in [-0.2, -0.15) is 0 Å². The number of phenolic OH excluding ortho intramolecular Hbond substituents is 1. The Bertz CT molecular complexity index is 532. The fraction of sp³-hybridized carbons (Fsp3) is 0.500. The summed E-state index contributed by atoms with van der Waals surface area (Å²) in [6.07, 6.45) is -0.696. The second kappa shape index (κ2) is 3.62. The molecule has 4 fully saturated rings. The van der Waals surface area contributed by atoms with E-state index in [0.29, 0.717) is 11.6 Å². The predicted octanol–water partition coefficient (Wildman–Crippen LogP) is 2.54. The van der Waals surface area contributed by atoms with Gasteiger partial charge in [0.15, 0.2) is 0 Å². The highest BCUT2D eigenvalue weighted by atomic mass is 19.1. The van der Waals surface area contributed by atoms with Crippen molar-refractivity contribution in [2.75, 3.05) is 5.32 Å². The Balaban J connectivity index is 1.39. The van der Waals surface area contributed by atoms with Crippen LogP contribution in [0.2, 0.25) is 0 Å². The van der Waals surface area contributed by atoms with Crippen LogP contribution in [0, 0.1) is 23.7 Å². The summed E-state index contributed by atoms with van der Waals surface area (Å²) in [4.78, 5) is 11.8.